The summed E-state index contributed by atoms with van der Waals surface area (Å²) in [5.74, 6) is 0.851. The fourth-order valence-electron chi connectivity index (χ4n) is 4.20. The van der Waals surface area contributed by atoms with Gasteiger partial charge in [0.05, 0.1) is 24.3 Å². The minimum absolute atomic E-state index is 0. The van der Waals surface area contributed by atoms with Gasteiger partial charge in [-0.1, -0.05) is 127 Å². The molecule has 7 heteroatoms. The van der Waals surface area contributed by atoms with Crippen LogP contribution in [0, 0.1) is 0 Å². The van der Waals surface area contributed by atoms with Crippen molar-refractivity contribution < 1.29 is 23.8 Å². The number of unbranched alkanes of at least 4 members (excludes halogenated alkanes) is 10. The van der Waals surface area contributed by atoms with Gasteiger partial charge in [-0.2, -0.15) is 0 Å². The second kappa shape index (κ2) is 26.6. The van der Waals surface area contributed by atoms with E-state index in [1.54, 1.807) is 24.3 Å². The molecule has 0 bridgehead atoms. The Morgan fingerprint density at radius 3 is 1.16 bits per heavy atom. The predicted molar refractivity (Wildman–Crippen MR) is 181 cm³/mol. The second-order valence-electron chi connectivity index (χ2n) is 10.1. The van der Waals surface area contributed by atoms with Crippen LogP contribution in [-0.4, -0.2) is 25.2 Å². The molecule has 0 N–H and O–H groups in total. The van der Waals surface area contributed by atoms with Crippen LogP contribution >= 0.6 is 24.8 Å². The van der Waals surface area contributed by atoms with Crippen LogP contribution in [0.15, 0.2) is 84.9 Å². The zero-order chi connectivity index (χ0) is 29.4. The van der Waals surface area contributed by atoms with Crippen LogP contribution in [0.5, 0.6) is 11.5 Å². The van der Waals surface area contributed by atoms with Crippen LogP contribution in [0.1, 0.15) is 112 Å². The van der Waals surface area contributed by atoms with Crippen molar-refractivity contribution in [2.24, 2.45) is 0 Å². The highest BCUT2D eigenvalue weighted by molar-refractivity contribution is 6.03. The third-order valence-corrected chi connectivity index (χ3v) is 6.55. The molecule has 0 saturated heterocycles. The van der Waals surface area contributed by atoms with Gasteiger partial charge in [0, 0.05) is 0 Å². The number of ether oxygens (including phenoxy) is 3. The van der Waals surface area contributed by atoms with Gasteiger partial charge in [-0.3, -0.25) is 0 Å². The number of hydrogen-bond acceptors (Lipinski definition) is 5. The molecule has 3 rings (SSSR count). The van der Waals surface area contributed by atoms with Crippen molar-refractivity contribution >= 4 is 36.8 Å². The number of esters is 2. The van der Waals surface area contributed by atoms with Crippen molar-refractivity contribution in [2.75, 3.05) is 13.2 Å². The van der Waals surface area contributed by atoms with E-state index in [0.29, 0.717) is 24.3 Å². The molecule has 0 spiro atoms. The summed E-state index contributed by atoms with van der Waals surface area (Å²) in [6, 6.07) is 26.3. The van der Waals surface area contributed by atoms with Gasteiger partial charge in [0.2, 0.25) is 0 Å². The van der Waals surface area contributed by atoms with E-state index in [4.69, 9.17) is 14.2 Å². The van der Waals surface area contributed by atoms with Gasteiger partial charge in [-0.05, 0) is 49.2 Å². The van der Waals surface area contributed by atoms with Crippen LogP contribution in [-0.2, 0) is 9.47 Å². The number of rotatable bonds is 18. The van der Waals surface area contributed by atoms with E-state index in [1.165, 1.54) is 51.4 Å². The van der Waals surface area contributed by atoms with E-state index >= 15 is 0 Å². The third-order valence-electron chi connectivity index (χ3n) is 6.55. The average molecular weight is 634 g/mol. The summed E-state index contributed by atoms with van der Waals surface area (Å²) < 4.78 is 16.3. The summed E-state index contributed by atoms with van der Waals surface area (Å²) in [7, 11) is 0. The molecular formula is C36H50Cl2O5. The molecule has 5 nitrogen and oxygen atoms in total. The SMILES string of the molecule is CCCCCCCCOC(=O)c1ccccc1C(=O)OCCCCCCCC.Cl.Cl.c1ccc(Oc2ccccc2)cc1. The lowest BCUT2D eigenvalue weighted by Crippen LogP contribution is -2.15. The first-order chi connectivity index (χ1) is 20.2. The summed E-state index contributed by atoms with van der Waals surface area (Å²) >= 11 is 0. The van der Waals surface area contributed by atoms with E-state index in [-0.39, 0.29) is 24.8 Å². The number of benzene rings is 3. The van der Waals surface area contributed by atoms with Crippen LogP contribution in [0.2, 0.25) is 0 Å². The number of para-hydroxylation sites is 2. The molecule has 0 aliphatic carbocycles. The molecule has 0 unspecified atom stereocenters. The lowest BCUT2D eigenvalue weighted by atomic mass is 10.1. The maximum Gasteiger partial charge on any atom is 0.339 e. The highest BCUT2D eigenvalue weighted by Gasteiger charge is 2.18. The molecule has 0 aromatic heterocycles. The lowest BCUT2D eigenvalue weighted by molar-refractivity contribution is 0.0450. The van der Waals surface area contributed by atoms with Gasteiger partial charge < -0.3 is 14.2 Å². The van der Waals surface area contributed by atoms with Gasteiger partial charge in [-0.15, -0.1) is 24.8 Å². The standard InChI is InChI=1S/C24H38O4.C12H10O.2ClH/c1-3-5-7-9-11-15-19-27-23(25)21-17-13-14-18-22(21)24(26)28-20-16-12-10-8-6-4-2;1-3-7-11(8-4-1)13-12-9-5-2-6-10-12;;/h13-14,17-18H,3-12,15-16,19-20H2,1-2H3;1-10H;2*1H. The minimum Gasteiger partial charge on any atom is -0.462 e. The van der Waals surface area contributed by atoms with Gasteiger partial charge in [0.15, 0.2) is 0 Å². The Bertz CT molecular complexity index is 1010. The molecule has 3 aromatic carbocycles. The highest BCUT2D eigenvalue weighted by Crippen LogP contribution is 2.19. The molecule has 0 radical (unpaired) electrons. The molecular weight excluding hydrogens is 583 g/mol. The summed E-state index contributed by atoms with van der Waals surface area (Å²) in [5.41, 5.74) is 0.586. The van der Waals surface area contributed by atoms with E-state index in [1.807, 2.05) is 60.7 Å². The second-order valence-corrected chi connectivity index (χ2v) is 10.1. The third kappa shape index (κ3) is 18.3. The Hall–Kier alpha value is -3.02. The summed E-state index contributed by atoms with van der Waals surface area (Å²) in [6.45, 7) is 5.17. The van der Waals surface area contributed by atoms with E-state index in [0.717, 1.165) is 37.2 Å². The first kappa shape index (κ1) is 40.0. The maximum absolute atomic E-state index is 12.4. The van der Waals surface area contributed by atoms with Crippen LogP contribution in [0.4, 0.5) is 0 Å². The van der Waals surface area contributed by atoms with E-state index in [2.05, 4.69) is 13.8 Å². The summed E-state index contributed by atoms with van der Waals surface area (Å²) in [5, 5.41) is 0. The minimum atomic E-state index is -0.444. The zero-order valence-electron chi connectivity index (χ0n) is 25.8. The fourth-order valence-corrected chi connectivity index (χ4v) is 4.20. The van der Waals surface area contributed by atoms with Crippen molar-refractivity contribution in [3.05, 3.63) is 96.1 Å². The Kier molecular flexibility index (Phi) is 24.7. The lowest BCUT2D eigenvalue weighted by Gasteiger charge is -2.10. The number of hydrogen-bond donors (Lipinski definition) is 0. The van der Waals surface area contributed by atoms with Crippen molar-refractivity contribution in [2.45, 2.75) is 90.9 Å². The quantitative estimate of drug-likeness (QED) is 0.103. The van der Waals surface area contributed by atoms with E-state index in [9.17, 15) is 9.59 Å². The van der Waals surface area contributed by atoms with Crippen molar-refractivity contribution in [1.82, 2.24) is 0 Å². The molecule has 43 heavy (non-hydrogen) atoms. The molecule has 0 fully saturated rings. The van der Waals surface area contributed by atoms with Crippen molar-refractivity contribution in [3.8, 4) is 11.5 Å². The van der Waals surface area contributed by atoms with Gasteiger partial charge in [-0.25, -0.2) is 9.59 Å². The Morgan fingerprint density at radius 2 is 0.791 bits per heavy atom. The smallest absolute Gasteiger partial charge is 0.339 e. The van der Waals surface area contributed by atoms with Crippen molar-refractivity contribution in [1.29, 1.82) is 0 Å². The molecule has 0 heterocycles. The Labute approximate surface area is 271 Å². The molecule has 0 atom stereocenters. The average Bonchev–Trinajstić information content (AvgIpc) is 3.01. The van der Waals surface area contributed by atoms with Crippen molar-refractivity contribution in [3.63, 3.8) is 0 Å². The van der Waals surface area contributed by atoms with Crippen LogP contribution < -0.4 is 4.74 Å². The summed E-state index contributed by atoms with van der Waals surface area (Å²) in [4.78, 5) is 24.7. The normalized spacial score (nSPS) is 9.81. The molecule has 0 saturated carbocycles. The number of carbonyl (C=O) groups excluding carboxylic acids is 2. The molecule has 0 amide bonds. The Balaban J connectivity index is 0.000000980. The van der Waals surface area contributed by atoms with Gasteiger partial charge >= 0.3 is 11.9 Å². The molecule has 3 aromatic rings. The van der Waals surface area contributed by atoms with E-state index < -0.39 is 11.9 Å². The number of carbonyl (C=O) groups is 2. The van der Waals surface area contributed by atoms with Crippen LogP contribution in [0.3, 0.4) is 0 Å². The zero-order valence-corrected chi connectivity index (χ0v) is 27.5. The number of halogens is 2. The summed E-state index contributed by atoms with van der Waals surface area (Å²) in [6.07, 6.45) is 13.6. The first-order valence-electron chi connectivity index (χ1n) is 15.4. The van der Waals surface area contributed by atoms with Gasteiger partial charge in [0.1, 0.15) is 11.5 Å². The first-order valence-corrected chi connectivity index (χ1v) is 15.4. The molecule has 0 aliphatic heterocycles. The predicted octanol–water partition coefficient (Wildman–Crippen LogP) is 11.0. The molecule has 238 valence electrons. The monoisotopic (exact) mass is 632 g/mol. The largest absolute Gasteiger partial charge is 0.462 e. The topological polar surface area (TPSA) is 61.8 Å². The van der Waals surface area contributed by atoms with Crippen LogP contribution in [0.25, 0.3) is 0 Å². The fraction of sp³-hybridized carbons (Fsp3) is 0.444. The highest BCUT2D eigenvalue weighted by atomic mass is 35.5. The molecule has 0 aliphatic rings. The van der Waals surface area contributed by atoms with Gasteiger partial charge in [0.25, 0.3) is 0 Å². The Morgan fingerprint density at radius 1 is 0.465 bits per heavy atom. The maximum atomic E-state index is 12.4.